The number of hydrogen-bond acceptors (Lipinski definition) is 5. The first-order valence-corrected chi connectivity index (χ1v) is 11.1. The van der Waals surface area contributed by atoms with Gasteiger partial charge in [-0.05, 0) is 55.3 Å². The molecule has 1 aliphatic heterocycles. The van der Waals surface area contributed by atoms with Crippen LogP contribution in [0.5, 0.6) is 5.75 Å². The fourth-order valence-electron chi connectivity index (χ4n) is 3.77. The van der Waals surface area contributed by atoms with Crippen molar-refractivity contribution in [2.75, 3.05) is 35.7 Å². The number of hydrogen-bond donors (Lipinski definition) is 2. The number of urea groups is 1. The fraction of sp³-hybridized carbons (Fsp3) is 0.292. The van der Waals surface area contributed by atoms with Crippen LogP contribution in [0.2, 0.25) is 5.02 Å². The van der Waals surface area contributed by atoms with Gasteiger partial charge < -0.3 is 20.3 Å². The number of carbonyl (C=O) groups excluding carboxylic acids is 1. The Morgan fingerprint density at radius 2 is 1.78 bits per heavy atom. The van der Waals surface area contributed by atoms with Gasteiger partial charge in [-0.2, -0.15) is 0 Å². The summed E-state index contributed by atoms with van der Waals surface area (Å²) < 4.78 is 5.27. The minimum atomic E-state index is -0.398. The molecular formula is C24H26ClN5O2. The van der Waals surface area contributed by atoms with E-state index in [1.54, 1.807) is 18.2 Å². The average molecular weight is 452 g/mol. The number of ether oxygens (including phenoxy) is 1. The molecule has 166 valence electrons. The number of anilines is 3. The van der Waals surface area contributed by atoms with E-state index < -0.39 is 6.03 Å². The summed E-state index contributed by atoms with van der Waals surface area (Å²) in [6.45, 7) is 2.06. The number of nitrogens with one attached hydrogen (secondary N) is 2. The average Bonchev–Trinajstić information content (AvgIpc) is 3.09. The lowest BCUT2D eigenvalue weighted by Gasteiger charge is -2.20. The lowest BCUT2D eigenvalue weighted by Crippen LogP contribution is -2.25. The zero-order chi connectivity index (χ0) is 22.3. The zero-order valence-corrected chi connectivity index (χ0v) is 18.7. The molecule has 1 aliphatic rings. The van der Waals surface area contributed by atoms with E-state index in [1.165, 1.54) is 32.8 Å². The topological polar surface area (TPSA) is 79.4 Å². The Labute approximate surface area is 192 Å². The van der Waals surface area contributed by atoms with Crippen molar-refractivity contribution in [3.05, 3.63) is 59.6 Å². The molecule has 32 heavy (non-hydrogen) atoms. The number of aromatic nitrogens is 2. The van der Waals surface area contributed by atoms with Crippen molar-refractivity contribution in [1.29, 1.82) is 0 Å². The molecule has 2 aromatic carbocycles. The summed E-state index contributed by atoms with van der Waals surface area (Å²) in [5, 5.41) is 15.0. The van der Waals surface area contributed by atoms with Crippen LogP contribution < -0.4 is 20.3 Å². The molecule has 1 saturated heterocycles. The molecule has 3 aromatic rings. The van der Waals surface area contributed by atoms with Gasteiger partial charge in [-0.3, -0.25) is 0 Å². The molecule has 2 heterocycles. The highest BCUT2D eigenvalue weighted by molar-refractivity contribution is 6.31. The Kier molecular flexibility index (Phi) is 7.07. The summed E-state index contributed by atoms with van der Waals surface area (Å²) in [5.74, 6) is 1.44. The highest BCUT2D eigenvalue weighted by Gasteiger charge is 2.13. The first-order chi connectivity index (χ1) is 15.6. The van der Waals surface area contributed by atoms with Crippen LogP contribution in [0, 0.1) is 0 Å². The Bertz CT molecular complexity index is 1070. The van der Waals surface area contributed by atoms with Gasteiger partial charge in [0.1, 0.15) is 5.75 Å². The standard InChI is InChI=1S/C24H26ClN5O2/c1-32-22-11-9-18(25)16-21(22)27-24(31)26-19-8-6-7-17(15-19)20-10-12-23(29-28-20)30-13-4-2-3-5-14-30/h6-12,15-16H,2-5,13-14H2,1H3,(H2,26,27,31). The van der Waals surface area contributed by atoms with E-state index in [0.717, 1.165) is 30.2 Å². The second kappa shape index (κ2) is 10.3. The molecule has 0 saturated carbocycles. The number of rotatable bonds is 5. The van der Waals surface area contributed by atoms with Gasteiger partial charge in [0.05, 0.1) is 18.5 Å². The maximum atomic E-state index is 12.5. The molecule has 0 radical (unpaired) electrons. The van der Waals surface area contributed by atoms with Gasteiger partial charge in [0.15, 0.2) is 5.82 Å². The summed E-state index contributed by atoms with van der Waals surface area (Å²) in [6, 6.07) is 16.1. The zero-order valence-electron chi connectivity index (χ0n) is 18.0. The predicted molar refractivity (Wildman–Crippen MR) is 129 cm³/mol. The van der Waals surface area contributed by atoms with Crippen molar-refractivity contribution < 1.29 is 9.53 Å². The third-order valence-corrected chi connectivity index (χ3v) is 5.64. The minimum absolute atomic E-state index is 0.398. The van der Waals surface area contributed by atoms with Crippen molar-refractivity contribution in [3.63, 3.8) is 0 Å². The summed E-state index contributed by atoms with van der Waals surface area (Å²) >= 11 is 6.03. The smallest absolute Gasteiger partial charge is 0.323 e. The van der Waals surface area contributed by atoms with Gasteiger partial charge in [0.25, 0.3) is 0 Å². The molecule has 7 nitrogen and oxygen atoms in total. The normalized spacial score (nSPS) is 13.9. The third kappa shape index (κ3) is 5.48. The molecular weight excluding hydrogens is 426 g/mol. The van der Waals surface area contributed by atoms with Crippen LogP contribution >= 0.6 is 11.6 Å². The number of carbonyl (C=O) groups is 1. The number of amides is 2. The number of halogens is 1. The summed E-state index contributed by atoms with van der Waals surface area (Å²) in [5.41, 5.74) is 2.75. The second-order valence-electron chi connectivity index (χ2n) is 7.68. The van der Waals surface area contributed by atoms with Crippen LogP contribution in [-0.2, 0) is 0 Å². The summed E-state index contributed by atoms with van der Waals surface area (Å²) in [4.78, 5) is 14.8. The first-order valence-electron chi connectivity index (χ1n) is 10.7. The van der Waals surface area contributed by atoms with Crippen LogP contribution in [0.15, 0.2) is 54.6 Å². The molecule has 0 unspecified atom stereocenters. The lowest BCUT2D eigenvalue weighted by molar-refractivity contribution is 0.262. The molecule has 4 rings (SSSR count). The Morgan fingerprint density at radius 1 is 0.969 bits per heavy atom. The van der Waals surface area contributed by atoms with E-state index in [1.807, 2.05) is 36.4 Å². The molecule has 2 N–H and O–H groups in total. The van der Waals surface area contributed by atoms with Crippen LogP contribution in [0.4, 0.5) is 22.0 Å². The van der Waals surface area contributed by atoms with Crippen LogP contribution in [0.3, 0.4) is 0 Å². The van der Waals surface area contributed by atoms with E-state index in [4.69, 9.17) is 16.3 Å². The highest BCUT2D eigenvalue weighted by atomic mass is 35.5. The largest absolute Gasteiger partial charge is 0.495 e. The van der Waals surface area contributed by atoms with Gasteiger partial charge in [0.2, 0.25) is 0 Å². The van der Waals surface area contributed by atoms with Gasteiger partial charge >= 0.3 is 6.03 Å². The fourth-order valence-corrected chi connectivity index (χ4v) is 3.94. The molecule has 0 aliphatic carbocycles. The van der Waals surface area contributed by atoms with Gasteiger partial charge in [0, 0.05) is 29.4 Å². The maximum Gasteiger partial charge on any atom is 0.323 e. The molecule has 1 fully saturated rings. The summed E-state index contributed by atoms with van der Waals surface area (Å²) in [6.07, 6.45) is 4.94. The van der Waals surface area contributed by atoms with Gasteiger partial charge in [-0.1, -0.05) is 36.6 Å². The van der Waals surface area contributed by atoms with E-state index in [9.17, 15) is 4.79 Å². The second-order valence-corrected chi connectivity index (χ2v) is 8.12. The molecule has 0 spiro atoms. The van der Waals surface area contributed by atoms with E-state index in [-0.39, 0.29) is 0 Å². The van der Waals surface area contributed by atoms with Gasteiger partial charge in [-0.25, -0.2) is 4.79 Å². The lowest BCUT2D eigenvalue weighted by atomic mass is 10.1. The molecule has 2 amide bonds. The molecule has 0 atom stereocenters. The summed E-state index contributed by atoms with van der Waals surface area (Å²) in [7, 11) is 1.54. The van der Waals surface area contributed by atoms with E-state index in [0.29, 0.717) is 22.1 Å². The van der Waals surface area contributed by atoms with Crippen molar-refractivity contribution in [3.8, 4) is 17.0 Å². The highest BCUT2D eigenvalue weighted by Crippen LogP contribution is 2.28. The van der Waals surface area contributed by atoms with Crippen LogP contribution in [-0.4, -0.2) is 36.4 Å². The SMILES string of the molecule is COc1ccc(Cl)cc1NC(=O)Nc1cccc(-c2ccc(N3CCCCCC3)nn2)c1. The van der Waals surface area contributed by atoms with E-state index >= 15 is 0 Å². The van der Waals surface area contributed by atoms with Crippen molar-refractivity contribution in [1.82, 2.24) is 10.2 Å². The number of nitrogens with zero attached hydrogens (tertiary/aromatic N) is 3. The van der Waals surface area contributed by atoms with Crippen molar-refractivity contribution in [2.45, 2.75) is 25.7 Å². The van der Waals surface area contributed by atoms with Crippen molar-refractivity contribution >= 4 is 34.8 Å². The Balaban J connectivity index is 1.44. The monoisotopic (exact) mass is 451 g/mol. The number of methoxy groups -OCH3 is 1. The molecule has 8 heteroatoms. The maximum absolute atomic E-state index is 12.5. The van der Waals surface area contributed by atoms with Crippen LogP contribution in [0.25, 0.3) is 11.3 Å². The van der Waals surface area contributed by atoms with Crippen molar-refractivity contribution in [2.24, 2.45) is 0 Å². The molecule has 0 bridgehead atoms. The van der Waals surface area contributed by atoms with E-state index in [2.05, 4.69) is 25.7 Å². The minimum Gasteiger partial charge on any atom is -0.495 e. The first kappa shape index (κ1) is 21.9. The Hall–Kier alpha value is -3.32. The third-order valence-electron chi connectivity index (χ3n) is 5.41. The van der Waals surface area contributed by atoms with Gasteiger partial charge in [-0.15, -0.1) is 10.2 Å². The molecule has 1 aromatic heterocycles. The quantitative estimate of drug-likeness (QED) is 0.510. The van der Waals surface area contributed by atoms with Crippen LogP contribution in [0.1, 0.15) is 25.7 Å². The predicted octanol–water partition coefficient (Wildman–Crippen LogP) is 5.83. The Morgan fingerprint density at radius 3 is 2.50 bits per heavy atom. The number of benzene rings is 2.